The van der Waals surface area contributed by atoms with Crippen LogP contribution in [-0.2, 0) is 10.4 Å². The zero-order valence-electron chi connectivity index (χ0n) is 15.0. The highest BCUT2D eigenvalue weighted by Gasteiger charge is 2.58. The topological polar surface area (TPSA) is 82.1 Å². The Balaban J connectivity index is 1.68. The molecule has 0 bridgehead atoms. The molecule has 2 aromatic rings. The molecule has 1 unspecified atom stereocenters. The number of carbonyl (C=O) groups excluding carboxylic acids is 1. The van der Waals surface area contributed by atoms with E-state index in [-0.39, 0.29) is 5.92 Å². The second-order valence-corrected chi connectivity index (χ2v) is 7.82. The van der Waals surface area contributed by atoms with E-state index in [1.807, 2.05) is 13.0 Å². The van der Waals surface area contributed by atoms with Crippen LogP contribution < -0.4 is 0 Å². The van der Waals surface area contributed by atoms with Crippen LogP contribution in [-0.4, -0.2) is 50.4 Å². The summed E-state index contributed by atoms with van der Waals surface area (Å²) >= 11 is 0.708. The maximum Gasteiger partial charge on any atom is 0.424 e. The number of amides is 1. The average Bonchev–Trinajstić information content (AvgIpc) is 3.22. The van der Waals surface area contributed by atoms with E-state index in [4.69, 9.17) is 0 Å². The number of aromatic amines is 1. The van der Waals surface area contributed by atoms with Crippen molar-refractivity contribution in [2.45, 2.75) is 50.8 Å². The second kappa shape index (κ2) is 7.23. The van der Waals surface area contributed by atoms with Crippen LogP contribution in [0.3, 0.4) is 0 Å². The van der Waals surface area contributed by atoms with Gasteiger partial charge in [0.25, 0.3) is 0 Å². The maximum absolute atomic E-state index is 13.5. The summed E-state index contributed by atoms with van der Waals surface area (Å²) in [6.45, 7) is 4.11. The highest BCUT2D eigenvalue weighted by molar-refractivity contribution is 7.09. The van der Waals surface area contributed by atoms with Gasteiger partial charge in [0.05, 0.1) is 12.1 Å². The van der Waals surface area contributed by atoms with Gasteiger partial charge in [-0.15, -0.1) is 11.3 Å². The molecule has 1 amide bonds. The fourth-order valence-electron chi connectivity index (χ4n) is 3.24. The lowest BCUT2D eigenvalue weighted by molar-refractivity contribution is -0.268. The molecule has 0 aromatic carbocycles. The number of H-pyrrole nitrogens is 1. The van der Waals surface area contributed by atoms with E-state index in [1.165, 1.54) is 10.3 Å². The summed E-state index contributed by atoms with van der Waals surface area (Å²) in [5, 5.41) is 18.3. The Morgan fingerprint density at radius 2 is 2.04 bits per heavy atom. The number of nitrogens with one attached hydrogen (secondary N) is 1. The van der Waals surface area contributed by atoms with Gasteiger partial charge in [-0.05, 0) is 32.8 Å². The number of halogens is 3. The molecule has 1 aliphatic rings. The monoisotopic (exact) mass is 402 g/mol. The van der Waals surface area contributed by atoms with Gasteiger partial charge in [0.1, 0.15) is 5.01 Å². The van der Waals surface area contributed by atoms with Crippen LogP contribution >= 0.6 is 11.3 Å². The van der Waals surface area contributed by atoms with Gasteiger partial charge in [0, 0.05) is 35.8 Å². The van der Waals surface area contributed by atoms with E-state index in [9.17, 15) is 23.1 Å². The van der Waals surface area contributed by atoms with Gasteiger partial charge in [-0.25, -0.2) is 4.98 Å². The molecule has 0 spiro atoms. The number of hydrogen-bond acceptors (Lipinski definition) is 5. The fraction of sp³-hybridized carbons (Fsp3) is 0.588. The van der Waals surface area contributed by atoms with E-state index >= 15 is 0 Å². The van der Waals surface area contributed by atoms with Gasteiger partial charge in [0.15, 0.2) is 0 Å². The summed E-state index contributed by atoms with van der Waals surface area (Å²) < 4.78 is 40.6. The minimum absolute atomic E-state index is 0.169. The van der Waals surface area contributed by atoms with E-state index in [0.717, 1.165) is 11.4 Å². The van der Waals surface area contributed by atoms with Crippen molar-refractivity contribution < 1.29 is 23.1 Å². The van der Waals surface area contributed by atoms with Gasteiger partial charge >= 0.3 is 6.18 Å². The Bertz CT molecular complexity index is 811. The zero-order chi connectivity index (χ0) is 19.8. The van der Waals surface area contributed by atoms with Crippen LogP contribution in [0.25, 0.3) is 0 Å². The molecule has 1 aliphatic heterocycles. The first-order valence-corrected chi connectivity index (χ1v) is 9.49. The van der Waals surface area contributed by atoms with Crippen molar-refractivity contribution in [3.8, 4) is 0 Å². The molecule has 1 atom stereocenters. The molecule has 1 saturated heterocycles. The van der Waals surface area contributed by atoms with Gasteiger partial charge in [0.2, 0.25) is 11.5 Å². The van der Waals surface area contributed by atoms with Crippen LogP contribution in [0.5, 0.6) is 0 Å². The van der Waals surface area contributed by atoms with Crippen molar-refractivity contribution in [2.24, 2.45) is 0 Å². The molecule has 27 heavy (non-hydrogen) atoms. The number of nitrogens with zero attached hydrogens (tertiary/aromatic N) is 3. The Morgan fingerprint density at radius 1 is 1.37 bits per heavy atom. The van der Waals surface area contributed by atoms with E-state index < -0.39 is 29.1 Å². The number of aromatic nitrogens is 3. The summed E-state index contributed by atoms with van der Waals surface area (Å²) in [5.41, 5.74) is -1.04. The molecule has 1 fully saturated rings. The summed E-state index contributed by atoms with van der Waals surface area (Å²) in [6, 6.07) is 1.94. The lowest BCUT2D eigenvalue weighted by atomic mass is 9.92. The Kier molecular flexibility index (Phi) is 5.31. The fourth-order valence-corrected chi connectivity index (χ4v) is 4.16. The number of carbonyl (C=O) groups is 1. The molecule has 148 valence electrons. The third-order valence-corrected chi connectivity index (χ3v) is 5.95. The summed E-state index contributed by atoms with van der Waals surface area (Å²) in [4.78, 5) is 17.7. The SMILES string of the molecule is Cc1csc(C(O)(CC(=O)N2CCC(c3cc(C)[nH]n3)CC2)C(F)(F)F)n1. The third-order valence-electron chi connectivity index (χ3n) is 4.84. The lowest BCUT2D eigenvalue weighted by Gasteiger charge is -2.34. The smallest absolute Gasteiger partial charge is 0.374 e. The molecule has 0 saturated carbocycles. The van der Waals surface area contributed by atoms with Crippen LogP contribution in [0.1, 0.15) is 47.3 Å². The van der Waals surface area contributed by atoms with Crippen LogP contribution in [0.15, 0.2) is 11.4 Å². The van der Waals surface area contributed by atoms with Crippen molar-refractivity contribution in [3.63, 3.8) is 0 Å². The Morgan fingerprint density at radius 3 is 2.52 bits per heavy atom. The molecule has 3 heterocycles. The first-order chi connectivity index (χ1) is 12.6. The highest BCUT2D eigenvalue weighted by Crippen LogP contribution is 2.43. The standard InChI is InChI=1S/C17H21F3N4O2S/c1-10-7-13(23-22-10)12-3-5-24(6-4-12)14(25)8-16(26,17(18,19)20)15-21-11(2)9-27-15/h7,9,12,26H,3-6,8H2,1-2H3,(H,22,23). The number of rotatable bonds is 4. The zero-order valence-corrected chi connectivity index (χ0v) is 15.8. The minimum atomic E-state index is -4.99. The highest BCUT2D eigenvalue weighted by atomic mass is 32.1. The van der Waals surface area contributed by atoms with Crippen molar-refractivity contribution in [2.75, 3.05) is 13.1 Å². The number of piperidine rings is 1. The molecule has 0 radical (unpaired) electrons. The average molecular weight is 402 g/mol. The summed E-state index contributed by atoms with van der Waals surface area (Å²) in [6.07, 6.45) is -4.80. The van der Waals surface area contributed by atoms with Gasteiger partial charge in [-0.1, -0.05) is 0 Å². The number of alkyl halides is 3. The van der Waals surface area contributed by atoms with E-state index in [2.05, 4.69) is 15.2 Å². The predicted octanol–water partition coefficient (Wildman–Crippen LogP) is 3.03. The van der Waals surface area contributed by atoms with Gasteiger partial charge in [-0.3, -0.25) is 9.89 Å². The molecule has 6 nitrogen and oxygen atoms in total. The van der Waals surface area contributed by atoms with Crippen LogP contribution in [0.2, 0.25) is 0 Å². The minimum Gasteiger partial charge on any atom is -0.374 e. The number of aryl methyl sites for hydroxylation is 2. The first kappa shape index (κ1) is 19.8. The van der Waals surface area contributed by atoms with E-state index in [0.29, 0.717) is 43.0 Å². The molecule has 3 rings (SSSR count). The third kappa shape index (κ3) is 4.01. The predicted molar refractivity (Wildman–Crippen MR) is 93.3 cm³/mol. The lowest BCUT2D eigenvalue weighted by Crippen LogP contribution is -2.48. The van der Waals surface area contributed by atoms with Crippen LogP contribution in [0, 0.1) is 13.8 Å². The van der Waals surface area contributed by atoms with Crippen molar-refractivity contribution in [1.82, 2.24) is 20.1 Å². The largest absolute Gasteiger partial charge is 0.424 e. The number of thiazole rings is 1. The Hall–Kier alpha value is -1.94. The van der Waals surface area contributed by atoms with Gasteiger partial charge < -0.3 is 10.0 Å². The van der Waals surface area contributed by atoms with E-state index in [1.54, 1.807) is 6.92 Å². The van der Waals surface area contributed by atoms with Crippen LogP contribution in [0.4, 0.5) is 13.2 Å². The number of likely N-dealkylation sites (tertiary alicyclic amines) is 1. The summed E-state index contributed by atoms with van der Waals surface area (Å²) in [7, 11) is 0. The second-order valence-electron chi connectivity index (χ2n) is 6.96. The number of hydrogen-bond donors (Lipinski definition) is 2. The van der Waals surface area contributed by atoms with Crippen molar-refractivity contribution in [3.05, 3.63) is 33.5 Å². The number of aliphatic hydroxyl groups is 1. The quantitative estimate of drug-likeness (QED) is 0.824. The van der Waals surface area contributed by atoms with Crippen molar-refractivity contribution in [1.29, 1.82) is 0 Å². The molecular formula is C17H21F3N4O2S. The molecule has 2 aromatic heterocycles. The molecular weight excluding hydrogens is 381 g/mol. The summed E-state index contributed by atoms with van der Waals surface area (Å²) in [5.74, 6) is -0.554. The Labute approximate surface area is 158 Å². The van der Waals surface area contributed by atoms with Gasteiger partial charge in [-0.2, -0.15) is 18.3 Å². The van der Waals surface area contributed by atoms with Crippen molar-refractivity contribution >= 4 is 17.2 Å². The molecule has 0 aliphatic carbocycles. The normalized spacial score (nSPS) is 18.5. The molecule has 2 N–H and O–H groups in total. The first-order valence-electron chi connectivity index (χ1n) is 8.61. The molecule has 10 heteroatoms. The maximum atomic E-state index is 13.5.